The normalized spacial score (nSPS) is 16.7. The zero-order chi connectivity index (χ0) is 18.6. The minimum atomic E-state index is -0.0732. The predicted molar refractivity (Wildman–Crippen MR) is 101 cm³/mol. The molecule has 0 saturated carbocycles. The first-order chi connectivity index (χ1) is 13.2. The molecule has 2 aliphatic rings. The van der Waals surface area contributed by atoms with Gasteiger partial charge in [0.05, 0.1) is 18.6 Å². The molecule has 1 fully saturated rings. The van der Waals surface area contributed by atoms with Gasteiger partial charge in [-0.05, 0) is 37.0 Å². The highest BCUT2D eigenvalue weighted by atomic mass is 16.2. The number of hydrogen-bond donors (Lipinski definition) is 1. The number of carbonyl (C=O) groups is 2. The fourth-order valence-electron chi connectivity index (χ4n) is 3.69. The van der Waals surface area contributed by atoms with Gasteiger partial charge in [-0.25, -0.2) is 9.78 Å². The molecule has 1 aromatic heterocycles. The minimum Gasteiger partial charge on any atom is -0.339 e. The lowest BCUT2D eigenvalue weighted by atomic mass is 10.1. The number of likely N-dealkylation sites (tertiary alicyclic amines) is 1. The van der Waals surface area contributed by atoms with Crippen molar-refractivity contribution in [2.75, 3.05) is 19.6 Å². The smallest absolute Gasteiger partial charge is 0.318 e. The van der Waals surface area contributed by atoms with E-state index in [9.17, 15) is 9.59 Å². The molecule has 7 nitrogen and oxygen atoms in total. The molecule has 0 atom stereocenters. The number of imidazole rings is 1. The fraction of sp³-hybridized carbons (Fsp3) is 0.450. The van der Waals surface area contributed by atoms with Crippen molar-refractivity contribution in [3.8, 4) is 0 Å². The molecule has 4 rings (SSSR count). The highest BCUT2D eigenvalue weighted by Crippen LogP contribution is 2.14. The van der Waals surface area contributed by atoms with Gasteiger partial charge in [-0.1, -0.05) is 12.1 Å². The van der Waals surface area contributed by atoms with Crippen molar-refractivity contribution in [3.05, 3.63) is 53.6 Å². The second kappa shape index (κ2) is 7.82. The van der Waals surface area contributed by atoms with E-state index in [2.05, 4.69) is 14.9 Å². The molecule has 0 radical (unpaired) electrons. The van der Waals surface area contributed by atoms with Crippen molar-refractivity contribution in [2.24, 2.45) is 0 Å². The molecule has 142 valence electrons. The van der Waals surface area contributed by atoms with Crippen LogP contribution in [0.5, 0.6) is 0 Å². The van der Waals surface area contributed by atoms with Crippen LogP contribution in [0.25, 0.3) is 0 Å². The number of hydrogen-bond acceptors (Lipinski definition) is 3. The van der Waals surface area contributed by atoms with Crippen LogP contribution in [-0.2, 0) is 19.6 Å². The van der Waals surface area contributed by atoms with Gasteiger partial charge in [0, 0.05) is 44.5 Å². The maximum Gasteiger partial charge on any atom is 0.318 e. The van der Waals surface area contributed by atoms with Crippen LogP contribution in [0.15, 0.2) is 36.8 Å². The molecule has 0 aliphatic carbocycles. The van der Waals surface area contributed by atoms with E-state index in [-0.39, 0.29) is 11.9 Å². The summed E-state index contributed by atoms with van der Waals surface area (Å²) in [4.78, 5) is 32.8. The number of rotatable bonds is 3. The molecule has 2 aliphatic heterocycles. The highest BCUT2D eigenvalue weighted by Gasteiger charge is 2.21. The summed E-state index contributed by atoms with van der Waals surface area (Å²) in [7, 11) is 0. The molecule has 0 unspecified atom stereocenters. The zero-order valence-electron chi connectivity index (χ0n) is 15.4. The monoisotopic (exact) mass is 367 g/mol. The van der Waals surface area contributed by atoms with Gasteiger partial charge in [-0.15, -0.1) is 0 Å². The van der Waals surface area contributed by atoms with Crippen LogP contribution in [0.1, 0.15) is 40.9 Å². The van der Waals surface area contributed by atoms with Gasteiger partial charge in [0.15, 0.2) is 0 Å². The van der Waals surface area contributed by atoms with Crippen molar-refractivity contribution >= 4 is 11.9 Å². The van der Waals surface area contributed by atoms with Crippen molar-refractivity contribution in [3.63, 3.8) is 0 Å². The van der Waals surface area contributed by atoms with Crippen LogP contribution in [-0.4, -0.2) is 50.9 Å². The van der Waals surface area contributed by atoms with Crippen molar-refractivity contribution < 1.29 is 9.59 Å². The Balaban J connectivity index is 1.30. The van der Waals surface area contributed by atoms with E-state index in [0.29, 0.717) is 19.6 Å². The summed E-state index contributed by atoms with van der Waals surface area (Å²) in [5.74, 6) is 0.107. The molecule has 0 bridgehead atoms. The molecule has 7 heteroatoms. The molecule has 1 N–H and O–H groups in total. The van der Waals surface area contributed by atoms with Crippen LogP contribution in [0.4, 0.5) is 4.79 Å². The van der Waals surface area contributed by atoms with Crippen molar-refractivity contribution in [1.82, 2.24) is 24.7 Å². The van der Waals surface area contributed by atoms with Crippen LogP contribution < -0.4 is 5.32 Å². The first-order valence-corrected chi connectivity index (χ1v) is 9.61. The lowest BCUT2D eigenvalue weighted by Crippen LogP contribution is -2.43. The topological polar surface area (TPSA) is 70.5 Å². The Kier molecular flexibility index (Phi) is 5.09. The third kappa shape index (κ3) is 3.97. The second-order valence-electron chi connectivity index (χ2n) is 7.21. The van der Waals surface area contributed by atoms with Crippen molar-refractivity contribution in [1.29, 1.82) is 0 Å². The first kappa shape index (κ1) is 17.6. The van der Waals surface area contributed by atoms with E-state index >= 15 is 0 Å². The largest absolute Gasteiger partial charge is 0.339 e. The molecule has 27 heavy (non-hydrogen) atoms. The van der Waals surface area contributed by atoms with Crippen LogP contribution in [0, 0.1) is 0 Å². The van der Waals surface area contributed by atoms with Crippen LogP contribution >= 0.6 is 0 Å². The molecule has 0 spiro atoms. The third-order valence-corrected chi connectivity index (χ3v) is 5.34. The van der Waals surface area contributed by atoms with E-state index in [0.717, 1.165) is 49.3 Å². The standard InChI is InChI=1S/C20H25N5O2/c26-19(23-8-2-1-3-9-23)17-6-4-16(5-7-17)12-22-20(27)24-10-11-25-15-21-13-18(25)14-24/h4-7,13,15H,1-3,8-12,14H2,(H,22,27). The lowest BCUT2D eigenvalue weighted by molar-refractivity contribution is 0.0724. The molecule has 2 aromatic rings. The van der Waals surface area contributed by atoms with Gasteiger partial charge in [0.25, 0.3) is 5.91 Å². The number of fused-ring (bicyclic) bond motifs is 1. The van der Waals surface area contributed by atoms with Gasteiger partial charge < -0.3 is 19.7 Å². The maximum atomic E-state index is 12.5. The number of nitrogens with one attached hydrogen (secondary N) is 1. The summed E-state index contributed by atoms with van der Waals surface area (Å²) in [6.45, 7) is 4.19. The summed E-state index contributed by atoms with van der Waals surface area (Å²) >= 11 is 0. The van der Waals surface area contributed by atoms with Crippen molar-refractivity contribution in [2.45, 2.75) is 38.9 Å². The second-order valence-corrected chi connectivity index (χ2v) is 7.21. The average molecular weight is 367 g/mol. The maximum absolute atomic E-state index is 12.5. The van der Waals surface area contributed by atoms with E-state index < -0.39 is 0 Å². The number of amides is 3. The highest BCUT2D eigenvalue weighted by molar-refractivity contribution is 5.94. The summed E-state index contributed by atoms with van der Waals surface area (Å²) in [6.07, 6.45) is 7.00. The number of carbonyl (C=O) groups excluding carboxylic acids is 2. The van der Waals surface area contributed by atoms with E-state index in [1.54, 1.807) is 17.4 Å². The van der Waals surface area contributed by atoms with Gasteiger partial charge >= 0.3 is 6.03 Å². The van der Waals surface area contributed by atoms with Gasteiger partial charge in [0.2, 0.25) is 0 Å². The molecular formula is C20H25N5O2. The SMILES string of the molecule is O=C(NCc1ccc(C(=O)N2CCCCC2)cc1)N1CCn2cncc2C1. The zero-order valence-corrected chi connectivity index (χ0v) is 15.4. The number of aromatic nitrogens is 2. The molecule has 1 saturated heterocycles. The van der Waals surface area contributed by atoms with Gasteiger partial charge in [-0.3, -0.25) is 4.79 Å². The Morgan fingerprint density at radius 1 is 0.963 bits per heavy atom. The predicted octanol–water partition coefficient (Wildman–Crippen LogP) is 2.23. The number of urea groups is 1. The van der Waals surface area contributed by atoms with E-state index in [1.807, 2.05) is 29.2 Å². The Labute approximate surface area is 159 Å². The number of benzene rings is 1. The summed E-state index contributed by atoms with van der Waals surface area (Å²) in [5.41, 5.74) is 2.76. The molecule has 3 heterocycles. The first-order valence-electron chi connectivity index (χ1n) is 9.61. The average Bonchev–Trinajstić information content (AvgIpc) is 3.20. The molecule has 1 aromatic carbocycles. The molecule has 3 amide bonds. The van der Waals surface area contributed by atoms with Crippen LogP contribution in [0.3, 0.4) is 0 Å². The fourth-order valence-corrected chi connectivity index (χ4v) is 3.69. The third-order valence-electron chi connectivity index (χ3n) is 5.34. The quantitative estimate of drug-likeness (QED) is 0.904. The number of piperidine rings is 1. The Morgan fingerprint density at radius 2 is 1.74 bits per heavy atom. The Hall–Kier alpha value is -2.83. The number of nitrogens with zero attached hydrogens (tertiary/aromatic N) is 4. The Bertz CT molecular complexity index is 808. The van der Waals surface area contributed by atoms with Crippen LogP contribution in [0.2, 0.25) is 0 Å². The Morgan fingerprint density at radius 3 is 2.52 bits per heavy atom. The van der Waals surface area contributed by atoms with Gasteiger partial charge in [-0.2, -0.15) is 0 Å². The van der Waals surface area contributed by atoms with E-state index in [1.165, 1.54) is 6.42 Å². The summed E-state index contributed by atoms with van der Waals surface area (Å²) < 4.78 is 2.07. The summed E-state index contributed by atoms with van der Waals surface area (Å²) in [5, 5.41) is 2.97. The molecular weight excluding hydrogens is 342 g/mol. The summed E-state index contributed by atoms with van der Waals surface area (Å²) in [6, 6.07) is 7.48. The minimum absolute atomic E-state index is 0.0732. The lowest BCUT2D eigenvalue weighted by Gasteiger charge is -2.28. The van der Waals surface area contributed by atoms with Gasteiger partial charge in [0.1, 0.15) is 0 Å². The van der Waals surface area contributed by atoms with E-state index in [4.69, 9.17) is 0 Å².